The lowest BCUT2D eigenvalue weighted by molar-refractivity contribution is 0.269. The highest BCUT2D eigenvalue weighted by atomic mass is 16.5. The molecule has 2 heteroatoms. The Bertz CT molecular complexity index is 359. The van der Waals surface area contributed by atoms with Crippen LogP contribution < -0.4 is 0 Å². The fourth-order valence-corrected chi connectivity index (χ4v) is 1.38. The van der Waals surface area contributed by atoms with E-state index in [1.54, 1.807) is 6.26 Å². The summed E-state index contributed by atoms with van der Waals surface area (Å²) in [6.07, 6.45) is 3.75. The van der Waals surface area contributed by atoms with Gasteiger partial charge in [0.2, 0.25) is 0 Å². The summed E-state index contributed by atoms with van der Waals surface area (Å²) >= 11 is 0. The summed E-state index contributed by atoms with van der Waals surface area (Å²) in [5.41, 5.74) is 1.90. The fourth-order valence-electron chi connectivity index (χ4n) is 1.38. The number of hydrogen-bond donors (Lipinski definition) is 0. The molecular weight excluding hydrogens is 162 g/mol. The summed E-state index contributed by atoms with van der Waals surface area (Å²) in [7, 11) is 0. The van der Waals surface area contributed by atoms with Crippen LogP contribution in [0.1, 0.15) is 17.0 Å². The molecule has 1 heterocycles. The quantitative estimate of drug-likeness (QED) is 0.648. The van der Waals surface area contributed by atoms with E-state index in [0.717, 1.165) is 0 Å². The van der Waals surface area contributed by atoms with Crippen LogP contribution in [0.5, 0.6) is 0 Å². The maximum atomic E-state index is 8.61. The number of hydrogen-bond acceptors (Lipinski definition) is 2. The molecule has 64 valence electrons. The third kappa shape index (κ3) is 1.54. The highest BCUT2D eigenvalue weighted by Gasteiger charge is 2.12. The zero-order valence-electron chi connectivity index (χ0n) is 7.10. The second-order valence-corrected chi connectivity index (χ2v) is 3.00. The standard InChI is InChI=1S/C11H9NO/c12-7-9-1-3-10(4-2-9)11-5-6-13-8-11/h1-6,11H,8H2/t11-/m1/s1. The third-order valence-corrected chi connectivity index (χ3v) is 2.15. The van der Waals surface area contributed by atoms with Gasteiger partial charge in [-0.1, -0.05) is 12.1 Å². The van der Waals surface area contributed by atoms with Crippen LogP contribution in [-0.2, 0) is 4.74 Å². The van der Waals surface area contributed by atoms with Crippen LogP contribution in [-0.4, -0.2) is 6.61 Å². The number of nitrogens with zero attached hydrogens (tertiary/aromatic N) is 1. The second kappa shape index (κ2) is 3.32. The summed E-state index contributed by atoms with van der Waals surface area (Å²) in [4.78, 5) is 0. The Morgan fingerprint density at radius 1 is 1.31 bits per heavy atom. The van der Waals surface area contributed by atoms with E-state index in [-0.39, 0.29) is 0 Å². The Morgan fingerprint density at radius 2 is 2.08 bits per heavy atom. The van der Waals surface area contributed by atoms with Gasteiger partial charge in [-0.3, -0.25) is 0 Å². The van der Waals surface area contributed by atoms with Crippen molar-refractivity contribution >= 4 is 0 Å². The van der Waals surface area contributed by atoms with Crippen LogP contribution in [0.15, 0.2) is 36.6 Å². The Labute approximate surface area is 77.1 Å². The Hall–Kier alpha value is -1.75. The predicted octanol–water partition coefficient (Wildman–Crippen LogP) is 2.19. The third-order valence-electron chi connectivity index (χ3n) is 2.15. The maximum Gasteiger partial charge on any atom is 0.0991 e. The van der Waals surface area contributed by atoms with Gasteiger partial charge in [-0.05, 0) is 23.8 Å². The number of ether oxygens (including phenoxy) is 1. The number of rotatable bonds is 1. The zero-order chi connectivity index (χ0) is 9.10. The van der Waals surface area contributed by atoms with Gasteiger partial charge in [0.15, 0.2) is 0 Å². The second-order valence-electron chi connectivity index (χ2n) is 3.00. The molecule has 0 saturated heterocycles. The molecule has 2 nitrogen and oxygen atoms in total. The van der Waals surface area contributed by atoms with E-state index in [1.165, 1.54) is 5.56 Å². The minimum Gasteiger partial charge on any atom is -0.501 e. The lowest BCUT2D eigenvalue weighted by Gasteiger charge is -2.05. The van der Waals surface area contributed by atoms with Gasteiger partial charge in [-0.15, -0.1) is 0 Å². The first-order chi connectivity index (χ1) is 6.40. The molecule has 0 bridgehead atoms. The molecule has 0 unspecified atom stereocenters. The van der Waals surface area contributed by atoms with Crippen LogP contribution in [0.25, 0.3) is 0 Å². The molecular formula is C11H9NO. The van der Waals surface area contributed by atoms with Gasteiger partial charge in [0, 0.05) is 5.92 Å². The van der Waals surface area contributed by atoms with E-state index in [0.29, 0.717) is 18.1 Å². The molecule has 0 aliphatic carbocycles. The molecule has 0 spiro atoms. The van der Waals surface area contributed by atoms with Crippen molar-refractivity contribution in [3.05, 3.63) is 47.7 Å². The SMILES string of the molecule is N#Cc1ccc([C@@H]2C=COC2)cc1. The highest BCUT2D eigenvalue weighted by Crippen LogP contribution is 2.22. The van der Waals surface area contributed by atoms with Crippen molar-refractivity contribution in [2.24, 2.45) is 0 Å². The molecule has 1 aromatic carbocycles. The molecule has 0 radical (unpaired) electrons. The summed E-state index contributed by atoms with van der Waals surface area (Å²) in [6, 6.07) is 9.71. The highest BCUT2D eigenvalue weighted by molar-refractivity contribution is 5.34. The molecule has 1 aliphatic rings. The van der Waals surface area contributed by atoms with Gasteiger partial charge >= 0.3 is 0 Å². The average Bonchev–Trinajstić information content (AvgIpc) is 2.71. The summed E-state index contributed by atoms with van der Waals surface area (Å²) in [5.74, 6) is 0.354. The van der Waals surface area contributed by atoms with Crippen LogP contribution in [0.2, 0.25) is 0 Å². The van der Waals surface area contributed by atoms with Crippen molar-refractivity contribution < 1.29 is 4.74 Å². The molecule has 1 atom stereocenters. The minimum absolute atomic E-state index is 0.354. The van der Waals surface area contributed by atoms with Gasteiger partial charge in [-0.2, -0.15) is 5.26 Å². The summed E-state index contributed by atoms with van der Waals surface area (Å²) in [5, 5.41) is 8.61. The summed E-state index contributed by atoms with van der Waals surface area (Å²) in [6.45, 7) is 0.714. The molecule has 2 rings (SSSR count). The Morgan fingerprint density at radius 3 is 2.62 bits per heavy atom. The molecule has 1 aliphatic heterocycles. The Balaban J connectivity index is 2.23. The van der Waals surface area contributed by atoms with Crippen LogP contribution in [0.3, 0.4) is 0 Å². The van der Waals surface area contributed by atoms with E-state index in [1.807, 2.05) is 30.3 Å². The molecule has 13 heavy (non-hydrogen) atoms. The van der Waals surface area contributed by atoms with Crippen molar-refractivity contribution in [2.45, 2.75) is 5.92 Å². The van der Waals surface area contributed by atoms with Gasteiger partial charge in [0.05, 0.1) is 24.5 Å². The molecule has 0 aromatic heterocycles. The fraction of sp³-hybridized carbons (Fsp3) is 0.182. The topological polar surface area (TPSA) is 33.0 Å². The maximum absolute atomic E-state index is 8.61. The predicted molar refractivity (Wildman–Crippen MR) is 49.0 cm³/mol. The lowest BCUT2D eigenvalue weighted by Crippen LogP contribution is -1.96. The first-order valence-corrected chi connectivity index (χ1v) is 4.18. The first-order valence-electron chi connectivity index (χ1n) is 4.18. The molecule has 0 saturated carbocycles. The lowest BCUT2D eigenvalue weighted by atomic mass is 10.00. The van der Waals surface area contributed by atoms with Crippen molar-refractivity contribution in [1.29, 1.82) is 5.26 Å². The van der Waals surface area contributed by atoms with Crippen molar-refractivity contribution in [3.8, 4) is 6.07 Å². The normalized spacial score (nSPS) is 19.5. The average molecular weight is 171 g/mol. The molecule has 1 aromatic rings. The van der Waals surface area contributed by atoms with E-state index in [4.69, 9.17) is 10.00 Å². The van der Waals surface area contributed by atoms with E-state index in [9.17, 15) is 0 Å². The van der Waals surface area contributed by atoms with Gasteiger partial charge < -0.3 is 4.74 Å². The summed E-state index contributed by atoms with van der Waals surface area (Å²) < 4.78 is 5.12. The largest absolute Gasteiger partial charge is 0.501 e. The van der Waals surface area contributed by atoms with Crippen LogP contribution in [0, 0.1) is 11.3 Å². The number of nitriles is 1. The smallest absolute Gasteiger partial charge is 0.0991 e. The van der Waals surface area contributed by atoms with Crippen molar-refractivity contribution in [3.63, 3.8) is 0 Å². The van der Waals surface area contributed by atoms with Gasteiger partial charge in [0.1, 0.15) is 0 Å². The van der Waals surface area contributed by atoms with E-state index in [2.05, 4.69) is 6.07 Å². The molecule has 0 amide bonds. The minimum atomic E-state index is 0.354. The van der Waals surface area contributed by atoms with Gasteiger partial charge in [0.25, 0.3) is 0 Å². The van der Waals surface area contributed by atoms with Crippen molar-refractivity contribution in [2.75, 3.05) is 6.61 Å². The van der Waals surface area contributed by atoms with Gasteiger partial charge in [-0.25, -0.2) is 0 Å². The first kappa shape index (κ1) is 7.88. The van der Waals surface area contributed by atoms with Crippen LogP contribution in [0.4, 0.5) is 0 Å². The van der Waals surface area contributed by atoms with E-state index >= 15 is 0 Å². The number of benzene rings is 1. The van der Waals surface area contributed by atoms with E-state index < -0.39 is 0 Å². The van der Waals surface area contributed by atoms with Crippen LogP contribution >= 0.6 is 0 Å². The molecule has 0 N–H and O–H groups in total. The Kier molecular flexibility index (Phi) is 2.01. The van der Waals surface area contributed by atoms with Crippen molar-refractivity contribution in [1.82, 2.24) is 0 Å². The molecule has 0 fully saturated rings. The zero-order valence-corrected chi connectivity index (χ0v) is 7.10. The monoisotopic (exact) mass is 171 g/mol.